The fourth-order valence-corrected chi connectivity index (χ4v) is 2.83. The molecule has 0 saturated carbocycles. The molecule has 0 unspecified atom stereocenters. The first kappa shape index (κ1) is 15.3. The molecule has 0 spiro atoms. The third-order valence-electron chi connectivity index (χ3n) is 4.05. The first-order valence-electron chi connectivity index (χ1n) is 7.83. The number of carbonyl (C=O) groups is 2. The third kappa shape index (κ3) is 3.28. The van der Waals surface area contributed by atoms with Gasteiger partial charge >= 0.3 is 6.09 Å². The van der Waals surface area contributed by atoms with Gasteiger partial charge in [0.05, 0.1) is 24.0 Å². The van der Waals surface area contributed by atoms with Gasteiger partial charge in [-0.05, 0) is 31.9 Å². The van der Waals surface area contributed by atoms with E-state index in [0.29, 0.717) is 30.8 Å². The number of benzene rings is 1. The largest absolute Gasteiger partial charge is 0.450 e. The van der Waals surface area contributed by atoms with Crippen LogP contribution in [0, 0.1) is 0 Å². The van der Waals surface area contributed by atoms with Gasteiger partial charge in [-0.2, -0.15) is 0 Å². The van der Waals surface area contributed by atoms with E-state index in [9.17, 15) is 9.59 Å². The van der Waals surface area contributed by atoms with Gasteiger partial charge in [0, 0.05) is 19.1 Å². The molecule has 0 radical (unpaired) electrons. The van der Waals surface area contributed by atoms with Crippen LogP contribution in [0.2, 0.25) is 0 Å². The molecule has 122 valence electrons. The zero-order valence-electron chi connectivity index (χ0n) is 13.0. The molecule has 1 aromatic heterocycles. The van der Waals surface area contributed by atoms with Crippen LogP contribution in [0.4, 0.5) is 4.79 Å². The Kier molecular flexibility index (Phi) is 4.45. The molecule has 1 aliphatic heterocycles. The van der Waals surface area contributed by atoms with Gasteiger partial charge in [0.25, 0.3) is 5.91 Å². The van der Waals surface area contributed by atoms with E-state index in [4.69, 9.17) is 4.74 Å². The van der Waals surface area contributed by atoms with Crippen molar-refractivity contribution in [2.45, 2.75) is 25.8 Å². The van der Waals surface area contributed by atoms with Crippen molar-refractivity contribution in [1.82, 2.24) is 20.2 Å². The van der Waals surface area contributed by atoms with E-state index in [2.05, 4.69) is 15.3 Å². The summed E-state index contributed by atoms with van der Waals surface area (Å²) in [5, 5.41) is 3.04. The quantitative estimate of drug-likeness (QED) is 0.905. The number of likely N-dealkylation sites (tertiary alicyclic amines) is 1. The van der Waals surface area contributed by atoms with Crippen molar-refractivity contribution in [3.05, 3.63) is 30.1 Å². The third-order valence-corrected chi connectivity index (χ3v) is 4.05. The number of nitrogens with zero attached hydrogens (tertiary/aromatic N) is 2. The van der Waals surface area contributed by atoms with Crippen molar-refractivity contribution < 1.29 is 14.3 Å². The lowest BCUT2D eigenvalue weighted by Gasteiger charge is -2.31. The Bertz CT molecular complexity index is 704. The number of amides is 2. The van der Waals surface area contributed by atoms with Crippen molar-refractivity contribution in [1.29, 1.82) is 0 Å². The average molecular weight is 316 g/mol. The predicted molar refractivity (Wildman–Crippen MR) is 85.2 cm³/mol. The second-order valence-corrected chi connectivity index (χ2v) is 5.54. The van der Waals surface area contributed by atoms with E-state index in [1.165, 1.54) is 0 Å². The molecule has 2 heterocycles. The predicted octanol–water partition coefficient (Wildman–Crippen LogP) is 1.91. The maximum absolute atomic E-state index is 12.5. The highest BCUT2D eigenvalue weighted by molar-refractivity contribution is 6.04. The van der Waals surface area contributed by atoms with Crippen LogP contribution in [0.25, 0.3) is 11.0 Å². The Hall–Kier alpha value is -2.57. The second-order valence-electron chi connectivity index (χ2n) is 5.54. The standard InChI is InChI=1S/C16H20N4O3/c1-2-23-16(22)20-8-6-11(7-9-20)19-15(21)12-4-3-5-13-14(12)18-10-17-13/h3-5,10-11H,2,6-9H2,1H3,(H,17,18)(H,19,21). The van der Waals surface area contributed by atoms with Gasteiger partial charge in [-0.3, -0.25) is 4.79 Å². The number of hydrogen-bond acceptors (Lipinski definition) is 4. The molecule has 0 aliphatic carbocycles. The lowest BCUT2D eigenvalue weighted by Crippen LogP contribution is -2.46. The highest BCUT2D eigenvalue weighted by Gasteiger charge is 2.25. The van der Waals surface area contributed by atoms with Crippen LogP contribution in [-0.2, 0) is 4.74 Å². The number of fused-ring (bicyclic) bond motifs is 1. The number of piperidine rings is 1. The molecule has 2 aromatic rings. The molecule has 1 aliphatic rings. The summed E-state index contributed by atoms with van der Waals surface area (Å²) in [4.78, 5) is 33.0. The summed E-state index contributed by atoms with van der Waals surface area (Å²) >= 11 is 0. The second kappa shape index (κ2) is 6.68. The number of aromatic amines is 1. The Morgan fingerprint density at radius 3 is 2.91 bits per heavy atom. The molecule has 7 heteroatoms. The van der Waals surface area contributed by atoms with Gasteiger partial charge in [0.15, 0.2) is 0 Å². The van der Waals surface area contributed by atoms with Crippen LogP contribution < -0.4 is 5.32 Å². The van der Waals surface area contributed by atoms with Crippen LogP contribution >= 0.6 is 0 Å². The molecule has 1 fully saturated rings. The summed E-state index contributed by atoms with van der Waals surface area (Å²) in [7, 11) is 0. The van der Waals surface area contributed by atoms with Crippen LogP contribution in [0.1, 0.15) is 30.1 Å². The molecule has 1 aromatic carbocycles. The van der Waals surface area contributed by atoms with Gasteiger partial charge in [0.1, 0.15) is 5.52 Å². The summed E-state index contributed by atoms with van der Waals surface area (Å²) < 4.78 is 4.99. The SMILES string of the molecule is CCOC(=O)N1CCC(NC(=O)c2cccc3[nH]cnc23)CC1. The van der Waals surface area contributed by atoms with Gasteiger partial charge < -0.3 is 19.9 Å². The molecular formula is C16H20N4O3. The number of H-pyrrole nitrogens is 1. The molecule has 0 atom stereocenters. The van der Waals surface area contributed by atoms with Gasteiger partial charge in [0.2, 0.25) is 0 Å². The number of imidazole rings is 1. The smallest absolute Gasteiger partial charge is 0.409 e. The molecule has 7 nitrogen and oxygen atoms in total. The number of aromatic nitrogens is 2. The lowest BCUT2D eigenvalue weighted by molar-refractivity contribution is 0.0861. The summed E-state index contributed by atoms with van der Waals surface area (Å²) in [5.41, 5.74) is 2.08. The van der Waals surface area contributed by atoms with Gasteiger partial charge in [-0.15, -0.1) is 0 Å². The Morgan fingerprint density at radius 1 is 1.39 bits per heavy atom. The number of nitrogens with one attached hydrogen (secondary N) is 2. The summed E-state index contributed by atoms with van der Waals surface area (Å²) in [6.07, 6.45) is 2.75. The lowest BCUT2D eigenvalue weighted by atomic mass is 10.0. The summed E-state index contributed by atoms with van der Waals surface area (Å²) in [5.74, 6) is -0.128. The monoisotopic (exact) mass is 316 g/mol. The van der Waals surface area contributed by atoms with Crippen LogP contribution in [0.3, 0.4) is 0 Å². The van der Waals surface area contributed by atoms with Crippen molar-refractivity contribution in [3.63, 3.8) is 0 Å². The molecule has 1 saturated heterocycles. The first-order chi connectivity index (χ1) is 11.2. The number of hydrogen-bond donors (Lipinski definition) is 2. The van der Waals surface area contributed by atoms with E-state index >= 15 is 0 Å². The highest BCUT2D eigenvalue weighted by atomic mass is 16.6. The topological polar surface area (TPSA) is 87.3 Å². The van der Waals surface area contributed by atoms with Crippen molar-refractivity contribution in [2.75, 3.05) is 19.7 Å². The van der Waals surface area contributed by atoms with Gasteiger partial charge in [-0.25, -0.2) is 9.78 Å². The molecule has 0 bridgehead atoms. The molecule has 2 amide bonds. The zero-order chi connectivity index (χ0) is 16.2. The Morgan fingerprint density at radius 2 is 2.17 bits per heavy atom. The first-order valence-corrected chi connectivity index (χ1v) is 7.83. The molecule has 2 N–H and O–H groups in total. The fraction of sp³-hybridized carbons (Fsp3) is 0.438. The van der Waals surface area contributed by atoms with Crippen molar-refractivity contribution in [3.8, 4) is 0 Å². The zero-order valence-corrected chi connectivity index (χ0v) is 13.0. The Balaban J connectivity index is 1.59. The minimum absolute atomic E-state index is 0.0578. The van der Waals surface area contributed by atoms with Crippen LogP contribution in [0.15, 0.2) is 24.5 Å². The fourth-order valence-electron chi connectivity index (χ4n) is 2.83. The summed E-state index contributed by atoms with van der Waals surface area (Å²) in [6, 6.07) is 5.55. The van der Waals surface area contributed by atoms with E-state index in [-0.39, 0.29) is 18.0 Å². The summed E-state index contributed by atoms with van der Waals surface area (Å²) in [6.45, 7) is 3.36. The average Bonchev–Trinajstić information content (AvgIpc) is 3.04. The van der Waals surface area contributed by atoms with Crippen molar-refractivity contribution >= 4 is 23.0 Å². The van der Waals surface area contributed by atoms with Crippen LogP contribution in [0.5, 0.6) is 0 Å². The van der Waals surface area contributed by atoms with Gasteiger partial charge in [-0.1, -0.05) is 6.07 Å². The number of rotatable bonds is 3. The number of carbonyl (C=O) groups excluding carboxylic acids is 2. The normalized spacial score (nSPS) is 15.6. The van der Waals surface area contributed by atoms with Crippen LogP contribution in [-0.4, -0.2) is 52.6 Å². The molecular weight excluding hydrogens is 296 g/mol. The minimum atomic E-state index is -0.279. The molecule has 3 rings (SSSR count). The van der Waals surface area contributed by atoms with Crippen molar-refractivity contribution in [2.24, 2.45) is 0 Å². The number of ether oxygens (including phenoxy) is 1. The Labute approximate surface area is 134 Å². The van der Waals surface area contributed by atoms with E-state index in [0.717, 1.165) is 18.4 Å². The van der Waals surface area contributed by atoms with E-state index in [1.54, 1.807) is 24.2 Å². The maximum atomic E-state index is 12.5. The maximum Gasteiger partial charge on any atom is 0.409 e. The number of para-hydroxylation sites is 1. The molecule has 23 heavy (non-hydrogen) atoms. The minimum Gasteiger partial charge on any atom is -0.450 e. The van der Waals surface area contributed by atoms with E-state index < -0.39 is 0 Å². The van der Waals surface area contributed by atoms with E-state index in [1.807, 2.05) is 12.1 Å². The highest BCUT2D eigenvalue weighted by Crippen LogP contribution is 2.16.